The number of pyridine rings is 1. The van der Waals surface area contributed by atoms with Crippen LogP contribution in [0.25, 0.3) is 0 Å². The zero-order valence-corrected chi connectivity index (χ0v) is 6.58. The predicted octanol–water partition coefficient (Wildman–Crippen LogP) is 1.65. The minimum Gasteiger partial charge on any atom is -0.391 e. The van der Waals surface area contributed by atoms with Gasteiger partial charge in [-0.1, -0.05) is 0 Å². The molecule has 1 aromatic heterocycles. The molecule has 0 aromatic carbocycles. The van der Waals surface area contributed by atoms with Crippen LogP contribution in [0, 0.1) is 15.9 Å². The third-order valence-corrected chi connectivity index (χ3v) is 1.46. The van der Waals surface area contributed by atoms with Gasteiger partial charge in [0.1, 0.15) is 11.4 Å². The van der Waals surface area contributed by atoms with Gasteiger partial charge < -0.3 is 5.73 Å². The van der Waals surface area contributed by atoms with E-state index < -0.39 is 34.2 Å². The molecule has 76 valence electrons. The van der Waals surface area contributed by atoms with Gasteiger partial charge in [0.25, 0.3) is 6.43 Å². The predicted molar refractivity (Wildman–Crippen MR) is 40.2 cm³/mol. The number of aromatic nitrogens is 1. The minimum absolute atomic E-state index is 0.343. The number of halogens is 3. The van der Waals surface area contributed by atoms with Crippen LogP contribution in [-0.2, 0) is 0 Å². The molecule has 0 fully saturated rings. The van der Waals surface area contributed by atoms with Crippen molar-refractivity contribution in [2.75, 3.05) is 5.73 Å². The van der Waals surface area contributed by atoms with Crippen LogP contribution in [-0.4, -0.2) is 9.91 Å². The third kappa shape index (κ3) is 1.58. The first kappa shape index (κ1) is 10.2. The molecule has 14 heavy (non-hydrogen) atoms. The van der Waals surface area contributed by atoms with Crippen molar-refractivity contribution < 1.29 is 18.1 Å². The fourth-order valence-electron chi connectivity index (χ4n) is 0.866. The van der Waals surface area contributed by atoms with Crippen LogP contribution in [0.3, 0.4) is 0 Å². The van der Waals surface area contributed by atoms with Crippen molar-refractivity contribution in [3.05, 3.63) is 27.8 Å². The second-order valence-corrected chi connectivity index (χ2v) is 2.31. The quantitative estimate of drug-likeness (QED) is 0.590. The second-order valence-electron chi connectivity index (χ2n) is 2.31. The van der Waals surface area contributed by atoms with E-state index in [4.69, 9.17) is 5.73 Å². The normalized spacial score (nSPS) is 10.6. The molecule has 0 radical (unpaired) electrons. The topological polar surface area (TPSA) is 82.0 Å². The van der Waals surface area contributed by atoms with Gasteiger partial charge in [-0.3, -0.25) is 10.1 Å². The molecule has 8 heteroatoms. The molecule has 0 aliphatic carbocycles. The number of nitrogen functional groups attached to an aromatic ring is 1. The summed E-state index contributed by atoms with van der Waals surface area (Å²) in [7, 11) is 0. The minimum atomic E-state index is -3.07. The van der Waals surface area contributed by atoms with Crippen LogP contribution in [0.4, 0.5) is 24.5 Å². The highest BCUT2D eigenvalue weighted by molar-refractivity contribution is 5.61. The first-order chi connectivity index (χ1) is 6.45. The molecule has 1 rings (SSSR count). The van der Waals surface area contributed by atoms with Crippen LogP contribution in [0.5, 0.6) is 0 Å². The van der Waals surface area contributed by atoms with E-state index >= 15 is 0 Å². The van der Waals surface area contributed by atoms with Gasteiger partial charge in [-0.25, -0.2) is 13.8 Å². The molecule has 0 amide bonds. The maximum absolute atomic E-state index is 12.7. The van der Waals surface area contributed by atoms with Crippen molar-refractivity contribution in [3.63, 3.8) is 0 Å². The molecule has 0 bridgehead atoms. The van der Waals surface area contributed by atoms with E-state index in [0.29, 0.717) is 6.20 Å². The summed E-state index contributed by atoms with van der Waals surface area (Å²) in [4.78, 5) is 12.0. The zero-order valence-electron chi connectivity index (χ0n) is 6.58. The van der Waals surface area contributed by atoms with Crippen LogP contribution in [0.15, 0.2) is 6.20 Å². The highest BCUT2D eigenvalue weighted by Gasteiger charge is 2.26. The van der Waals surface area contributed by atoms with Gasteiger partial charge >= 0.3 is 5.69 Å². The van der Waals surface area contributed by atoms with E-state index in [1.165, 1.54) is 0 Å². The number of hydrogen-bond acceptors (Lipinski definition) is 4. The summed E-state index contributed by atoms with van der Waals surface area (Å²) in [6, 6.07) is 0. The second kappa shape index (κ2) is 3.48. The average Bonchev–Trinajstić information content (AvgIpc) is 2.02. The number of nitro groups is 1. The molecule has 0 aliphatic rings. The van der Waals surface area contributed by atoms with E-state index in [1.54, 1.807) is 0 Å². The fraction of sp³-hybridized carbons (Fsp3) is 0.167. The fourth-order valence-corrected chi connectivity index (χ4v) is 0.866. The van der Waals surface area contributed by atoms with Crippen LogP contribution in [0.1, 0.15) is 12.1 Å². The monoisotopic (exact) mass is 207 g/mol. The Morgan fingerprint density at radius 1 is 1.57 bits per heavy atom. The number of hydrogen-bond donors (Lipinski definition) is 1. The van der Waals surface area contributed by atoms with Crippen molar-refractivity contribution >= 4 is 11.4 Å². The molecular weight excluding hydrogens is 203 g/mol. The Hall–Kier alpha value is -1.86. The van der Waals surface area contributed by atoms with E-state index in [0.717, 1.165) is 0 Å². The number of nitrogens with zero attached hydrogens (tertiary/aromatic N) is 2. The lowest BCUT2D eigenvalue weighted by Crippen LogP contribution is -2.05. The van der Waals surface area contributed by atoms with Gasteiger partial charge in [0.2, 0.25) is 5.82 Å². The van der Waals surface area contributed by atoms with Crippen LogP contribution >= 0.6 is 0 Å². The summed E-state index contributed by atoms with van der Waals surface area (Å²) in [6.07, 6.45) is -2.73. The van der Waals surface area contributed by atoms with Crippen molar-refractivity contribution in [1.82, 2.24) is 4.98 Å². The highest BCUT2D eigenvalue weighted by Crippen LogP contribution is 2.31. The summed E-state index contributed by atoms with van der Waals surface area (Å²) < 4.78 is 36.9. The smallest absolute Gasteiger partial charge is 0.331 e. The van der Waals surface area contributed by atoms with Gasteiger partial charge in [0, 0.05) is 0 Å². The summed E-state index contributed by atoms with van der Waals surface area (Å²) in [5.41, 5.74) is 1.86. The van der Waals surface area contributed by atoms with E-state index in [-0.39, 0.29) is 0 Å². The standard InChI is InChI=1S/C6H4F3N3O2/c7-2-1-11-4(6(8)9)3(10)5(2)12(13)14/h1,6H,10H2. The Balaban J connectivity index is 3.41. The Morgan fingerprint density at radius 3 is 2.57 bits per heavy atom. The number of alkyl halides is 2. The SMILES string of the molecule is Nc1c(C(F)F)ncc(F)c1[N+](=O)[O-]. The van der Waals surface area contributed by atoms with Crippen molar-refractivity contribution in [2.24, 2.45) is 0 Å². The maximum Gasteiger partial charge on any atom is 0.331 e. The lowest BCUT2D eigenvalue weighted by atomic mass is 10.2. The van der Waals surface area contributed by atoms with Gasteiger partial charge in [-0.05, 0) is 0 Å². The maximum atomic E-state index is 12.7. The first-order valence-corrected chi connectivity index (χ1v) is 3.31. The van der Waals surface area contributed by atoms with Crippen molar-refractivity contribution in [3.8, 4) is 0 Å². The van der Waals surface area contributed by atoms with Gasteiger partial charge in [-0.2, -0.15) is 4.39 Å². The summed E-state index contributed by atoms with van der Waals surface area (Å²) in [6.45, 7) is 0. The molecule has 1 heterocycles. The van der Waals surface area contributed by atoms with Crippen LogP contribution < -0.4 is 5.73 Å². The molecular formula is C6H4F3N3O2. The number of anilines is 1. The van der Waals surface area contributed by atoms with E-state index in [1.807, 2.05) is 0 Å². The number of nitrogens with two attached hydrogens (primary N) is 1. The molecule has 0 atom stereocenters. The van der Waals surface area contributed by atoms with Crippen LogP contribution in [0.2, 0.25) is 0 Å². The van der Waals surface area contributed by atoms with Gasteiger partial charge in [-0.15, -0.1) is 0 Å². The Kier molecular flexibility index (Phi) is 2.54. The number of rotatable bonds is 2. The molecule has 0 aliphatic heterocycles. The summed E-state index contributed by atoms with van der Waals surface area (Å²) in [5, 5.41) is 10.2. The van der Waals surface area contributed by atoms with Crippen molar-refractivity contribution in [2.45, 2.75) is 6.43 Å². The molecule has 5 nitrogen and oxygen atoms in total. The third-order valence-electron chi connectivity index (χ3n) is 1.46. The van der Waals surface area contributed by atoms with E-state index in [9.17, 15) is 23.3 Å². The molecule has 0 saturated heterocycles. The van der Waals surface area contributed by atoms with Gasteiger partial charge in [0.05, 0.1) is 11.1 Å². The van der Waals surface area contributed by atoms with E-state index in [2.05, 4.69) is 4.98 Å². The highest BCUT2D eigenvalue weighted by atomic mass is 19.3. The first-order valence-electron chi connectivity index (χ1n) is 3.31. The molecule has 0 unspecified atom stereocenters. The van der Waals surface area contributed by atoms with Gasteiger partial charge in [0.15, 0.2) is 0 Å². The van der Waals surface area contributed by atoms with Crippen molar-refractivity contribution in [1.29, 1.82) is 0 Å². The molecule has 0 spiro atoms. The summed E-state index contributed by atoms with van der Waals surface area (Å²) >= 11 is 0. The lowest BCUT2D eigenvalue weighted by Gasteiger charge is -2.03. The Labute approximate surface area is 75.5 Å². The largest absolute Gasteiger partial charge is 0.391 e. The Bertz CT molecular complexity index is 383. The average molecular weight is 207 g/mol. The molecule has 1 aromatic rings. The molecule has 0 saturated carbocycles. The molecule has 2 N–H and O–H groups in total. The zero-order chi connectivity index (χ0) is 10.9. The lowest BCUT2D eigenvalue weighted by molar-refractivity contribution is -0.386. The Morgan fingerprint density at radius 2 is 2.14 bits per heavy atom. The summed E-state index contributed by atoms with van der Waals surface area (Å²) in [5.74, 6) is -1.34.